The zero-order valence-corrected chi connectivity index (χ0v) is 11.4. The van der Waals surface area contributed by atoms with Gasteiger partial charge in [-0.3, -0.25) is 0 Å². The molecule has 1 atom stereocenters. The molecule has 2 heterocycles. The maximum absolute atomic E-state index is 12.4. The Morgan fingerprint density at radius 1 is 1.32 bits per heavy atom. The monoisotopic (exact) mass is 304 g/mol. The van der Waals surface area contributed by atoms with Gasteiger partial charge in [0.05, 0.1) is 15.8 Å². The quantitative estimate of drug-likeness (QED) is 0.869. The third kappa shape index (κ3) is 3.71. The molecule has 0 aliphatic heterocycles. The molecule has 0 saturated carbocycles. The Bertz CT molecular complexity index is 509. The van der Waals surface area contributed by atoms with Gasteiger partial charge in [-0.2, -0.15) is 13.2 Å². The highest BCUT2D eigenvalue weighted by molar-refractivity contribution is 7.99. The van der Waals surface area contributed by atoms with E-state index in [-0.39, 0.29) is 5.25 Å². The number of halogens is 3. The van der Waals surface area contributed by atoms with Gasteiger partial charge >= 0.3 is 6.18 Å². The van der Waals surface area contributed by atoms with E-state index in [9.17, 15) is 13.2 Å². The molecule has 19 heavy (non-hydrogen) atoms. The van der Waals surface area contributed by atoms with E-state index >= 15 is 0 Å². The lowest BCUT2D eigenvalue weighted by Crippen LogP contribution is -2.09. The normalized spacial score (nSPS) is 13.5. The number of rotatable bonds is 4. The van der Waals surface area contributed by atoms with E-state index in [2.05, 4.69) is 4.98 Å². The smallest absolute Gasteiger partial charge is 0.329 e. The van der Waals surface area contributed by atoms with Crippen LogP contribution in [0.25, 0.3) is 0 Å². The lowest BCUT2D eigenvalue weighted by molar-refractivity contribution is -0.137. The largest absolute Gasteiger partial charge is 0.417 e. The van der Waals surface area contributed by atoms with Crippen LogP contribution in [0.4, 0.5) is 13.2 Å². The Hall–Kier alpha value is -1.05. The fourth-order valence-electron chi connectivity index (χ4n) is 1.46. The van der Waals surface area contributed by atoms with Gasteiger partial charge in [0.25, 0.3) is 0 Å². The molecule has 7 heteroatoms. The van der Waals surface area contributed by atoms with E-state index in [1.165, 1.54) is 17.8 Å². The molecule has 0 aliphatic rings. The maximum Gasteiger partial charge on any atom is 0.417 e. The lowest BCUT2D eigenvalue weighted by atomic mass is 10.3. The first-order valence-electron chi connectivity index (χ1n) is 5.44. The van der Waals surface area contributed by atoms with Crippen LogP contribution < -0.4 is 5.73 Å². The predicted octanol–water partition coefficient (Wildman–Crippen LogP) is 3.95. The highest BCUT2D eigenvalue weighted by atomic mass is 32.2. The van der Waals surface area contributed by atoms with E-state index in [1.54, 1.807) is 11.3 Å². The Kier molecular flexibility index (Phi) is 4.49. The Balaban J connectivity index is 2.11. The van der Waals surface area contributed by atoms with E-state index < -0.39 is 11.7 Å². The first kappa shape index (κ1) is 14.4. The zero-order valence-electron chi connectivity index (χ0n) is 9.72. The summed E-state index contributed by atoms with van der Waals surface area (Å²) < 4.78 is 37.2. The van der Waals surface area contributed by atoms with Crippen LogP contribution in [-0.4, -0.2) is 11.5 Å². The van der Waals surface area contributed by atoms with Gasteiger partial charge in [0.1, 0.15) is 0 Å². The topological polar surface area (TPSA) is 38.9 Å². The number of thiophene rings is 1. The third-order valence-electron chi connectivity index (χ3n) is 2.40. The SMILES string of the molecule is NCC(Sc1ccc(C(F)(F)F)cn1)c1cccs1. The van der Waals surface area contributed by atoms with Crippen molar-refractivity contribution in [3.05, 3.63) is 46.3 Å². The number of nitrogens with two attached hydrogens (primary N) is 1. The summed E-state index contributed by atoms with van der Waals surface area (Å²) in [6.45, 7) is 0.411. The van der Waals surface area contributed by atoms with Crippen molar-refractivity contribution in [2.24, 2.45) is 5.73 Å². The van der Waals surface area contributed by atoms with Crippen molar-refractivity contribution in [3.63, 3.8) is 0 Å². The molecule has 0 aromatic carbocycles. The van der Waals surface area contributed by atoms with Gasteiger partial charge in [0.2, 0.25) is 0 Å². The molecule has 2 nitrogen and oxygen atoms in total. The maximum atomic E-state index is 12.4. The Labute approximate surface area is 116 Å². The van der Waals surface area contributed by atoms with Gasteiger partial charge in [0.15, 0.2) is 0 Å². The first-order chi connectivity index (χ1) is 9.00. The molecule has 2 rings (SSSR count). The summed E-state index contributed by atoms with van der Waals surface area (Å²) in [7, 11) is 0. The Morgan fingerprint density at radius 3 is 2.58 bits per heavy atom. The fraction of sp³-hybridized carbons (Fsp3) is 0.250. The number of alkyl halides is 3. The first-order valence-corrected chi connectivity index (χ1v) is 7.20. The van der Waals surface area contributed by atoms with Crippen molar-refractivity contribution < 1.29 is 13.2 Å². The van der Waals surface area contributed by atoms with E-state index in [1.807, 2.05) is 17.5 Å². The number of aromatic nitrogens is 1. The van der Waals surface area contributed by atoms with Gasteiger partial charge in [-0.05, 0) is 23.6 Å². The molecule has 0 spiro atoms. The van der Waals surface area contributed by atoms with E-state index in [0.29, 0.717) is 11.6 Å². The predicted molar refractivity (Wildman–Crippen MR) is 71.2 cm³/mol. The van der Waals surface area contributed by atoms with Gasteiger partial charge in [-0.1, -0.05) is 17.8 Å². The standard InChI is InChI=1S/C12H11F3N2S2/c13-12(14,15)8-3-4-11(17-7-8)19-10(6-16)9-2-1-5-18-9/h1-5,7,10H,6,16H2. The number of hydrogen-bond acceptors (Lipinski definition) is 4. The van der Waals surface area contributed by atoms with Gasteiger partial charge in [0, 0.05) is 17.6 Å². The van der Waals surface area contributed by atoms with Gasteiger partial charge in [-0.15, -0.1) is 11.3 Å². The van der Waals surface area contributed by atoms with Crippen molar-refractivity contribution >= 4 is 23.1 Å². The molecule has 0 amide bonds. The Morgan fingerprint density at radius 2 is 2.11 bits per heavy atom. The lowest BCUT2D eigenvalue weighted by Gasteiger charge is -2.12. The van der Waals surface area contributed by atoms with Crippen LogP contribution in [0.1, 0.15) is 15.7 Å². The average molecular weight is 304 g/mol. The molecule has 0 radical (unpaired) electrons. The average Bonchev–Trinajstić information content (AvgIpc) is 2.89. The summed E-state index contributed by atoms with van der Waals surface area (Å²) in [6, 6.07) is 6.30. The van der Waals surface area contributed by atoms with Crippen LogP contribution in [0.3, 0.4) is 0 Å². The third-order valence-corrected chi connectivity index (χ3v) is 4.75. The minimum Gasteiger partial charge on any atom is -0.329 e. The summed E-state index contributed by atoms with van der Waals surface area (Å²) in [6.07, 6.45) is -3.50. The van der Waals surface area contributed by atoms with E-state index in [0.717, 1.165) is 17.1 Å². The van der Waals surface area contributed by atoms with Crippen LogP contribution in [-0.2, 0) is 6.18 Å². The number of pyridine rings is 1. The second-order valence-electron chi connectivity index (χ2n) is 3.74. The van der Waals surface area contributed by atoms with Crippen LogP contribution in [0.15, 0.2) is 40.9 Å². The number of thioether (sulfide) groups is 1. The van der Waals surface area contributed by atoms with Crippen molar-refractivity contribution in [2.45, 2.75) is 16.5 Å². The second kappa shape index (κ2) is 5.94. The molecule has 102 valence electrons. The summed E-state index contributed by atoms with van der Waals surface area (Å²) >= 11 is 2.95. The molecule has 2 aromatic rings. The van der Waals surface area contributed by atoms with Crippen LogP contribution in [0.5, 0.6) is 0 Å². The van der Waals surface area contributed by atoms with Crippen molar-refractivity contribution in [1.82, 2.24) is 4.98 Å². The minimum atomic E-state index is -4.35. The van der Waals surface area contributed by atoms with E-state index in [4.69, 9.17) is 5.73 Å². The highest BCUT2D eigenvalue weighted by Gasteiger charge is 2.30. The molecule has 0 fully saturated rings. The fourth-order valence-corrected chi connectivity index (χ4v) is 3.33. The zero-order chi connectivity index (χ0) is 13.9. The van der Waals surface area contributed by atoms with Crippen LogP contribution >= 0.6 is 23.1 Å². The number of hydrogen-bond donors (Lipinski definition) is 1. The molecule has 0 bridgehead atoms. The van der Waals surface area contributed by atoms with Gasteiger partial charge in [-0.25, -0.2) is 4.98 Å². The molecule has 1 unspecified atom stereocenters. The second-order valence-corrected chi connectivity index (χ2v) is 5.94. The molecular formula is C12H11F3N2S2. The molecule has 0 aliphatic carbocycles. The van der Waals surface area contributed by atoms with Gasteiger partial charge < -0.3 is 5.73 Å². The summed E-state index contributed by atoms with van der Waals surface area (Å²) in [4.78, 5) is 4.93. The van der Waals surface area contributed by atoms with Crippen molar-refractivity contribution in [2.75, 3.05) is 6.54 Å². The summed E-state index contributed by atoms with van der Waals surface area (Å²) in [5, 5.41) is 2.50. The molecular weight excluding hydrogens is 293 g/mol. The molecule has 2 N–H and O–H groups in total. The number of nitrogens with zero attached hydrogens (tertiary/aromatic N) is 1. The van der Waals surface area contributed by atoms with Crippen LogP contribution in [0.2, 0.25) is 0 Å². The van der Waals surface area contributed by atoms with Crippen LogP contribution in [0, 0.1) is 0 Å². The van der Waals surface area contributed by atoms with Crippen molar-refractivity contribution in [3.8, 4) is 0 Å². The van der Waals surface area contributed by atoms with Crippen molar-refractivity contribution in [1.29, 1.82) is 0 Å². The molecule has 0 saturated heterocycles. The highest BCUT2D eigenvalue weighted by Crippen LogP contribution is 2.36. The summed E-state index contributed by atoms with van der Waals surface area (Å²) in [5.41, 5.74) is 4.95. The molecule has 2 aromatic heterocycles. The summed E-state index contributed by atoms with van der Waals surface area (Å²) in [5.74, 6) is 0. The minimum absolute atomic E-state index is 0.0178.